The Hall–Kier alpha value is -4.06. The first-order chi connectivity index (χ1) is 20.7. The minimum absolute atomic E-state index is 0.00394. The third-order valence-corrected chi connectivity index (χ3v) is 6.76. The van der Waals surface area contributed by atoms with Crippen molar-refractivity contribution >= 4 is 35.9 Å². The van der Waals surface area contributed by atoms with Crippen LogP contribution in [0, 0.1) is 5.92 Å². The predicted molar refractivity (Wildman–Crippen MR) is 167 cm³/mol. The van der Waals surface area contributed by atoms with Gasteiger partial charge in [-0.2, -0.15) is 0 Å². The number of rotatable bonds is 21. The molecule has 6 N–H and O–H groups in total. The van der Waals surface area contributed by atoms with Gasteiger partial charge in [0.1, 0.15) is 23.7 Å². The van der Waals surface area contributed by atoms with Crippen molar-refractivity contribution in [2.24, 2.45) is 11.7 Å². The third kappa shape index (κ3) is 14.4. The van der Waals surface area contributed by atoms with E-state index in [1.54, 1.807) is 26.0 Å². The lowest BCUT2D eigenvalue weighted by atomic mass is 9.94. The largest absolute Gasteiger partial charge is 0.451 e. The minimum atomic E-state index is -1.13. The average Bonchev–Trinajstić information content (AvgIpc) is 2.95. The van der Waals surface area contributed by atoms with Gasteiger partial charge in [-0.15, -0.1) is 0 Å². The summed E-state index contributed by atoms with van der Waals surface area (Å²) in [5.74, 6) is -2.63. The summed E-state index contributed by atoms with van der Waals surface area (Å²) < 4.78 is 4.92. The van der Waals surface area contributed by atoms with E-state index in [0.29, 0.717) is 25.8 Å². The second-order valence-electron chi connectivity index (χ2n) is 11.8. The van der Waals surface area contributed by atoms with Crippen molar-refractivity contribution in [1.29, 1.82) is 0 Å². The first-order valence-electron chi connectivity index (χ1n) is 14.9. The van der Waals surface area contributed by atoms with Crippen molar-refractivity contribution in [3.8, 4) is 0 Å². The van der Waals surface area contributed by atoms with Gasteiger partial charge in [-0.3, -0.25) is 24.0 Å². The van der Waals surface area contributed by atoms with Gasteiger partial charge in [-0.25, -0.2) is 4.79 Å². The number of ether oxygens (including phenoxy) is 1. The van der Waals surface area contributed by atoms with Crippen molar-refractivity contribution in [2.75, 3.05) is 6.54 Å². The summed E-state index contributed by atoms with van der Waals surface area (Å²) in [5, 5.41) is 10.7. The molecular weight excluding hydrogens is 566 g/mol. The van der Waals surface area contributed by atoms with Crippen LogP contribution in [0.15, 0.2) is 43.0 Å². The molecule has 0 saturated heterocycles. The molecule has 4 amide bonds. The van der Waals surface area contributed by atoms with E-state index in [0.717, 1.165) is 11.6 Å². The van der Waals surface area contributed by atoms with Crippen molar-refractivity contribution < 1.29 is 33.5 Å². The zero-order valence-corrected chi connectivity index (χ0v) is 26.4. The van der Waals surface area contributed by atoms with Crippen molar-refractivity contribution in [1.82, 2.24) is 21.3 Å². The van der Waals surface area contributed by atoms with Crippen molar-refractivity contribution in [3.05, 3.63) is 48.6 Å². The number of hydrogen-bond donors (Lipinski definition) is 5. The first-order valence-corrected chi connectivity index (χ1v) is 14.9. The lowest BCUT2D eigenvalue weighted by molar-refractivity contribution is -0.134. The van der Waals surface area contributed by atoms with E-state index >= 15 is 0 Å². The number of ketones is 1. The number of carbonyl (C=O) groups excluding carboxylic acids is 6. The van der Waals surface area contributed by atoms with Gasteiger partial charge in [-0.05, 0) is 70.6 Å². The summed E-state index contributed by atoms with van der Waals surface area (Å²) >= 11 is 0. The zero-order chi connectivity index (χ0) is 33.3. The number of carbonyl (C=O) groups is 5. The summed E-state index contributed by atoms with van der Waals surface area (Å²) in [6, 6.07) is 5.10. The molecule has 1 aromatic rings. The number of unbranched alkanes of at least 4 members (excludes halogenated alkanes) is 1. The quantitative estimate of drug-likeness (QED) is 0.101. The Morgan fingerprint density at radius 1 is 0.909 bits per heavy atom. The molecule has 1 rings (SSSR count). The van der Waals surface area contributed by atoms with E-state index in [1.807, 2.05) is 32.0 Å². The Kier molecular flexibility index (Phi) is 16.6. The maximum atomic E-state index is 13.7. The molecule has 243 valence electrons. The zero-order valence-electron chi connectivity index (χ0n) is 26.4. The molecule has 1 aromatic carbocycles. The van der Waals surface area contributed by atoms with E-state index in [9.17, 15) is 28.8 Å². The van der Waals surface area contributed by atoms with Crippen molar-refractivity contribution in [2.45, 2.75) is 103 Å². The van der Waals surface area contributed by atoms with Gasteiger partial charge in [0.25, 0.3) is 0 Å². The van der Waals surface area contributed by atoms with Gasteiger partial charge in [0.05, 0.1) is 6.04 Å². The van der Waals surface area contributed by atoms with E-state index < -0.39 is 53.4 Å². The molecule has 0 spiro atoms. The molecule has 0 fully saturated rings. The van der Waals surface area contributed by atoms with Gasteiger partial charge in [0, 0.05) is 12.8 Å². The normalized spacial score (nSPS) is 13.9. The SMILES string of the molecule is C=CC(=O)N[C@@H](C)C(=O)N[C@@H](CC(C)C)C(=O)N[C@@H](Cc1ccccc1)C(=O)N[C@@H](CCCCN)C(=O)CC(C)(C)O[C]=O. The summed E-state index contributed by atoms with van der Waals surface area (Å²) in [4.78, 5) is 75.8. The van der Waals surface area contributed by atoms with Gasteiger partial charge in [0.2, 0.25) is 23.6 Å². The summed E-state index contributed by atoms with van der Waals surface area (Å²) in [7, 11) is 0. The highest BCUT2D eigenvalue weighted by Gasteiger charge is 2.33. The number of nitrogens with one attached hydrogen (secondary N) is 4. The Morgan fingerprint density at radius 2 is 1.50 bits per heavy atom. The lowest BCUT2D eigenvalue weighted by Crippen LogP contribution is -2.58. The molecule has 0 heterocycles. The molecule has 0 saturated carbocycles. The molecule has 1 radical (unpaired) electrons. The summed E-state index contributed by atoms with van der Waals surface area (Å²) in [6.45, 7) is 13.5. The monoisotopic (exact) mass is 614 g/mol. The maximum absolute atomic E-state index is 13.7. The van der Waals surface area contributed by atoms with Crippen LogP contribution in [0.2, 0.25) is 0 Å². The molecule has 44 heavy (non-hydrogen) atoms. The highest BCUT2D eigenvalue weighted by atomic mass is 16.5. The van der Waals surface area contributed by atoms with Gasteiger partial charge in [-0.1, -0.05) is 50.8 Å². The average molecular weight is 615 g/mol. The fourth-order valence-electron chi connectivity index (χ4n) is 4.44. The Morgan fingerprint density at radius 3 is 2.07 bits per heavy atom. The molecule has 0 unspecified atom stereocenters. The van der Waals surface area contributed by atoms with E-state index in [-0.39, 0.29) is 31.0 Å². The van der Waals surface area contributed by atoms with Crippen LogP contribution in [0.5, 0.6) is 0 Å². The standard InChI is InChI=1S/C32H48N5O7/c1-7-28(40)34-22(4)29(41)36-25(17-21(2)3)30(42)37-26(18-23-13-9-8-10-14-23)31(43)35-24(15-11-12-16-33)27(39)19-32(5,6)44-20-38/h7-10,13-14,21-22,24-26H,1,11-12,15-19,33H2,2-6H3,(H,34,40)(H,35,43)(H,36,41)(H,37,42)/t22-,24-,25-,26-/m0/s1. The van der Waals surface area contributed by atoms with E-state index in [1.165, 1.54) is 13.4 Å². The van der Waals surface area contributed by atoms with Crippen LogP contribution < -0.4 is 27.0 Å². The molecule has 0 aliphatic rings. The number of benzene rings is 1. The second-order valence-corrected chi connectivity index (χ2v) is 11.8. The first kappa shape index (κ1) is 38.0. The Balaban J connectivity index is 3.25. The van der Waals surface area contributed by atoms with Crippen LogP contribution in [0.1, 0.15) is 72.3 Å². The van der Waals surface area contributed by atoms with Crippen LogP contribution in [0.25, 0.3) is 0 Å². The Labute approximate surface area is 260 Å². The second kappa shape index (κ2) is 19.3. The van der Waals surface area contributed by atoms with Crippen LogP contribution in [0.3, 0.4) is 0 Å². The highest BCUT2D eigenvalue weighted by Crippen LogP contribution is 2.17. The maximum Gasteiger partial charge on any atom is 0.418 e. The number of hydrogen-bond acceptors (Lipinski definition) is 8. The van der Waals surface area contributed by atoms with Crippen LogP contribution in [-0.4, -0.2) is 72.2 Å². The van der Waals surface area contributed by atoms with Gasteiger partial charge < -0.3 is 31.7 Å². The van der Waals surface area contributed by atoms with Crippen LogP contribution >= 0.6 is 0 Å². The Bertz CT molecular complexity index is 1120. The van der Waals surface area contributed by atoms with E-state index in [2.05, 4.69) is 27.8 Å². The third-order valence-electron chi connectivity index (χ3n) is 6.76. The summed E-state index contributed by atoms with van der Waals surface area (Å²) in [5.41, 5.74) is 5.27. The fraction of sp³-hybridized carbons (Fsp3) is 0.562. The van der Waals surface area contributed by atoms with Crippen LogP contribution in [0.4, 0.5) is 0 Å². The van der Waals surface area contributed by atoms with Gasteiger partial charge in [0.15, 0.2) is 5.78 Å². The van der Waals surface area contributed by atoms with Crippen LogP contribution in [-0.2, 0) is 39.9 Å². The lowest BCUT2D eigenvalue weighted by Gasteiger charge is -2.28. The topological polar surface area (TPSA) is 186 Å². The number of amides is 4. The molecule has 0 bridgehead atoms. The van der Waals surface area contributed by atoms with E-state index in [4.69, 9.17) is 10.5 Å². The molecule has 4 atom stereocenters. The number of nitrogens with two attached hydrogens (primary N) is 1. The fourth-order valence-corrected chi connectivity index (χ4v) is 4.44. The number of Topliss-reactive ketones (excluding diaryl/α,β-unsaturated/α-hetero) is 1. The predicted octanol–water partition coefficient (Wildman–Crippen LogP) is 1.37. The molecule has 0 aliphatic heterocycles. The smallest absolute Gasteiger partial charge is 0.418 e. The highest BCUT2D eigenvalue weighted by molar-refractivity contribution is 5.96. The van der Waals surface area contributed by atoms with Gasteiger partial charge >= 0.3 is 6.47 Å². The molecule has 12 nitrogen and oxygen atoms in total. The molecule has 0 aliphatic carbocycles. The van der Waals surface area contributed by atoms with Crippen molar-refractivity contribution in [3.63, 3.8) is 0 Å². The summed E-state index contributed by atoms with van der Waals surface area (Å²) in [6.07, 6.45) is 2.76. The molecular formula is C32H48N5O7. The minimum Gasteiger partial charge on any atom is -0.451 e. The molecule has 0 aromatic heterocycles. The molecule has 12 heteroatoms.